The van der Waals surface area contributed by atoms with Crippen LogP contribution in [0.15, 0.2) is 146 Å². The van der Waals surface area contributed by atoms with Crippen molar-refractivity contribution in [3.8, 4) is 22.3 Å². The molecular formula is C37H27NS. The van der Waals surface area contributed by atoms with Gasteiger partial charge in [0.15, 0.2) is 0 Å². The van der Waals surface area contributed by atoms with Crippen molar-refractivity contribution in [1.29, 1.82) is 0 Å². The molecule has 39 heavy (non-hydrogen) atoms. The summed E-state index contributed by atoms with van der Waals surface area (Å²) in [5, 5.41) is 2.62. The molecule has 2 heteroatoms. The number of hydrogen-bond donors (Lipinski definition) is 0. The van der Waals surface area contributed by atoms with Gasteiger partial charge in [-0.3, -0.25) is 0 Å². The van der Waals surface area contributed by atoms with E-state index in [1.165, 1.54) is 53.7 Å². The Morgan fingerprint density at radius 1 is 0.410 bits per heavy atom. The molecule has 0 amide bonds. The van der Waals surface area contributed by atoms with E-state index >= 15 is 0 Å². The zero-order valence-electron chi connectivity index (χ0n) is 21.7. The molecule has 0 aliphatic heterocycles. The zero-order valence-corrected chi connectivity index (χ0v) is 22.5. The fourth-order valence-electron chi connectivity index (χ4n) is 5.29. The van der Waals surface area contributed by atoms with Gasteiger partial charge in [-0.15, -0.1) is 11.3 Å². The Bertz CT molecular complexity index is 1840. The van der Waals surface area contributed by atoms with E-state index in [2.05, 4.69) is 157 Å². The lowest BCUT2D eigenvalue weighted by molar-refractivity contribution is 1.29. The molecular weight excluding hydrogens is 490 g/mol. The molecule has 0 aliphatic rings. The van der Waals surface area contributed by atoms with Gasteiger partial charge in [0.05, 0.1) is 0 Å². The van der Waals surface area contributed by atoms with Crippen LogP contribution < -0.4 is 4.90 Å². The van der Waals surface area contributed by atoms with Crippen molar-refractivity contribution in [2.45, 2.75) is 6.92 Å². The Morgan fingerprint density at radius 2 is 0.949 bits per heavy atom. The SMILES string of the molecule is Cc1ccc(-c2ccc(-c3ccc4sc5cc(N(c6ccccc6)c6ccccc6)ccc5c4c3)cc2)cc1. The van der Waals surface area contributed by atoms with Crippen molar-refractivity contribution in [3.63, 3.8) is 0 Å². The highest BCUT2D eigenvalue weighted by molar-refractivity contribution is 7.25. The molecule has 1 heterocycles. The monoisotopic (exact) mass is 517 g/mol. The van der Waals surface area contributed by atoms with E-state index in [1.54, 1.807) is 0 Å². The minimum absolute atomic E-state index is 1.15. The largest absolute Gasteiger partial charge is 0.310 e. The van der Waals surface area contributed by atoms with E-state index in [1.807, 2.05) is 11.3 Å². The number of nitrogens with zero attached hydrogens (tertiary/aromatic N) is 1. The Kier molecular flexibility index (Phi) is 5.96. The average Bonchev–Trinajstić information content (AvgIpc) is 3.36. The maximum atomic E-state index is 2.35. The standard InChI is InChI=1S/C37H27NS/c1-26-12-14-27(15-13-26)28-16-18-29(19-17-28)30-20-23-36-35(24-30)34-22-21-33(25-37(34)39-36)38(31-8-4-2-5-9-31)32-10-6-3-7-11-32/h2-25H,1H3. The topological polar surface area (TPSA) is 3.24 Å². The van der Waals surface area contributed by atoms with Gasteiger partial charge in [-0.25, -0.2) is 0 Å². The quantitative estimate of drug-likeness (QED) is 0.219. The van der Waals surface area contributed by atoms with Crippen LogP contribution in [0.4, 0.5) is 17.1 Å². The summed E-state index contributed by atoms with van der Waals surface area (Å²) in [7, 11) is 0. The average molecular weight is 518 g/mol. The van der Waals surface area contributed by atoms with Crippen LogP contribution in [-0.2, 0) is 0 Å². The predicted molar refractivity (Wildman–Crippen MR) is 170 cm³/mol. The number of para-hydroxylation sites is 2. The molecule has 6 aromatic carbocycles. The van der Waals surface area contributed by atoms with Gasteiger partial charge >= 0.3 is 0 Å². The molecule has 0 fully saturated rings. The van der Waals surface area contributed by atoms with Gasteiger partial charge in [-0.2, -0.15) is 0 Å². The summed E-state index contributed by atoms with van der Waals surface area (Å²) in [6, 6.07) is 52.6. The van der Waals surface area contributed by atoms with Gasteiger partial charge in [0.1, 0.15) is 0 Å². The van der Waals surface area contributed by atoms with Crippen LogP contribution in [0.25, 0.3) is 42.4 Å². The van der Waals surface area contributed by atoms with E-state index in [0.29, 0.717) is 0 Å². The molecule has 186 valence electrons. The normalized spacial score (nSPS) is 11.2. The van der Waals surface area contributed by atoms with Crippen LogP contribution in [0.5, 0.6) is 0 Å². The Labute approximate surface area is 233 Å². The molecule has 7 rings (SSSR count). The fraction of sp³-hybridized carbons (Fsp3) is 0.0270. The number of aryl methyl sites for hydroxylation is 1. The van der Waals surface area contributed by atoms with Crippen molar-refractivity contribution < 1.29 is 0 Å². The van der Waals surface area contributed by atoms with Gasteiger partial charge in [0.2, 0.25) is 0 Å². The molecule has 0 bridgehead atoms. The number of anilines is 3. The molecule has 1 aromatic heterocycles. The molecule has 0 saturated carbocycles. The minimum Gasteiger partial charge on any atom is -0.310 e. The van der Waals surface area contributed by atoms with Gasteiger partial charge in [-0.1, -0.05) is 103 Å². The molecule has 0 N–H and O–H groups in total. The number of rotatable bonds is 5. The van der Waals surface area contributed by atoms with Gasteiger partial charge in [0.25, 0.3) is 0 Å². The zero-order chi connectivity index (χ0) is 26.2. The van der Waals surface area contributed by atoms with Crippen molar-refractivity contribution in [2.24, 2.45) is 0 Å². The lowest BCUT2D eigenvalue weighted by Crippen LogP contribution is -2.09. The third-order valence-corrected chi connectivity index (χ3v) is 8.48. The molecule has 1 nitrogen and oxygen atoms in total. The van der Waals surface area contributed by atoms with E-state index in [9.17, 15) is 0 Å². The minimum atomic E-state index is 1.15. The maximum Gasteiger partial charge on any atom is 0.0476 e. The summed E-state index contributed by atoms with van der Waals surface area (Å²) in [4.78, 5) is 2.32. The highest BCUT2D eigenvalue weighted by atomic mass is 32.1. The van der Waals surface area contributed by atoms with Crippen LogP contribution in [0, 0.1) is 6.92 Å². The number of hydrogen-bond acceptors (Lipinski definition) is 2. The summed E-state index contributed by atoms with van der Waals surface area (Å²) in [5.74, 6) is 0. The van der Waals surface area contributed by atoms with Crippen LogP contribution >= 0.6 is 11.3 Å². The summed E-state index contributed by atoms with van der Waals surface area (Å²) in [6.07, 6.45) is 0. The smallest absolute Gasteiger partial charge is 0.0476 e. The van der Waals surface area contributed by atoms with Gasteiger partial charge < -0.3 is 4.90 Å². The summed E-state index contributed by atoms with van der Waals surface area (Å²) in [5.41, 5.74) is 9.74. The van der Waals surface area contributed by atoms with Crippen molar-refractivity contribution in [1.82, 2.24) is 0 Å². The number of thiophene rings is 1. The second-order valence-corrected chi connectivity index (χ2v) is 11.0. The van der Waals surface area contributed by atoms with E-state index < -0.39 is 0 Å². The molecule has 0 unspecified atom stereocenters. The Hall–Kier alpha value is -4.66. The van der Waals surface area contributed by atoms with Gasteiger partial charge in [0, 0.05) is 37.2 Å². The van der Waals surface area contributed by atoms with Crippen LogP contribution in [0.3, 0.4) is 0 Å². The maximum absolute atomic E-state index is 2.35. The van der Waals surface area contributed by atoms with E-state index in [0.717, 1.165) is 11.4 Å². The van der Waals surface area contributed by atoms with Gasteiger partial charge in [-0.05, 0) is 77.7 Å². The highest BCUT2D eigenvalue weighted by Gasteiger charge is 2.14. The first kappa shape index (κ1) is 23.5. The first-order chi connectivity index (χ1) is 19.2. The van der Waals surface area contributed by atoms with E-state index in [-0.39, 0.29) is 0 Å². The Balaban J connectivity index is 1.27. The molecule has 0 spiro atoms. The summed E-state index contributed by atoms with van der Waals surface area (Å²) >= 11 is 1.86. The van der Waals surface area contributed by atoms with Crippen LogP contribution in [0.1, 0.15) is 5.56 Å². The first-order valence-electron chi connectivity index (χ1n) is 13.3. The third-order valence-electron chi connectivity index (χ3n) is 7.34. The lowest BCUT2D eigenvalue weighted by atomic mass is 9.98. The molecule has 0 saturated heterocycles. The first-order valence-corrected chi connectivity index (χ1v) is 14.1. The highest BCUT2D eigenvalue weighted by Crippen LogP contribution is 2.41. The molecule has 7 aromatic rings. The Morgan fingerprint density at radius 3 is 1.56 bits per heavy atom. The predicted octanol–water partition coefficient (Wildman–Crippen LogP) is 11.2. The lowest BCUT2D eigenvalue weighted by Gasteiger charge is -2.25. The summed E-state index contributed by atoms with van der Waals surface area (Å²) in [6.45, 7) is 2.13. The van der Waals surface area contributed by atoms with Crippen molar-refractivity contribution >= 4 is 48.6 Å². The van der Waals surface area contributed by atoms with Crippen LogP contribution in [0.2, 0.25) is 0 Å². The molecule has 0 atom stereocenters. The number of benzene rings is 6. The second kappa shape index (κ2) is 9.90. The third kappa shape index (κ3) is 4.50. The molecule has 0 radical (unpaired) electrons. The number of fused-ring (bicyclic) bond motifs is 3. The second-order valence-electron chi connectivity index (χ2n) is 9.94. The molecule has 0 aliphatic carbocycles. The van der Waals surface area contributed by atoms with Crippen molar-refractivity contribution in [3.05, 3.63) is 151 Å². The fourth-order valence-corrected chi connectivity index (χ4v) is 6.41. The van der Waals surface area contributed by atoms with E-state index in [4.69, 9.17) is 0 Å². The van der Waals surface area contributed by atoms with Crippen LogP contribution in [-0.4, -0.2) is 0 Å². The summed E-state index contributed by atoms with van der Waals surface area (Å²) < 4.78 is 2.61. The van der Waals surface area contributed by atoms with Crippen molar-refractivity contribution in [2.75, 3.05) is 4.90 Å².